The van der Waals surface area contributed by atoms with Crippen molar-refractivity contribution in [3.05, 3.63) is 63.6 Å². The van der Waals surface area contributed by atoms with Gasteiger partial charge in [-0.2, -0.15) is 13.2 Å². The van der Waals surface area contributed by atoms with Crippen molar-refractivity contribution in [2.24, 2.45) is 17.6 Å². The number of nitrogens with zero attached hydrogens (tertiary/aromatic N) is 3. The Bertz CT molecular complexity index is 1230. The van der Waals surface area contributed by atoms with E-state index >= 15 is 0 Å². The van der Waals surface area contributed by atoms with Crippen LogP contribution in [0.1, 0.15) is 48.0 Å². The van der Waals surface area contributed by atoms with Gasteiger partial charge in [-0.1, -0.05) is 35.3 Å². The molecule has 2 N–H and O–H groups in total. The number of piperidine rings is 2. The molecule has 2 aromatic rings. The Morgan fingerprint density at radius 1 is 0.950 bits per heavy atom. The minimum atomic E-state index is -4.97. The van der Waals surface area contributed by atoms with Crippen LogP contribution in [0.5, 0.6) is 0 Å². The van der Waals surface area contributed by atoms with Crippen LogP contribution in [0.3, 0.4) is 0 Å². The lowest BCUT2D eigenvalue weighted by atomic mass is 9.82. The van der Waals surface area contributed by atoms with Gasteiger partial charge in [-0.25, -0.2) is 0 Å². The average Bonchev–Trinajstić information content (AvgIpc) is 2.92. The number of rotatable bonds is 6. The molecule has 1 atom stereocenters. The number of likely N-dealkylation sites (tertiary alicyclic amines) is 1. The number of nitrogens with two attached hydrogens (primary N) is 1. The Labute approximate surface area is 243 Å². The zero-order valence-corrected chi connectivity index (χ0v) is 24.2. The van der Waals surface area contributed by atoms with Crippen molar-refractivity contribution in [2.75, 3.05) is 45.2 Å². The van der Waals surface area contributed by atoms with E-state index in [-0.39, 0.29) is 29.6 Å². The van der Waals surface area contributed by atoms with Gasteiger partial charge in [0.2, 0.25) is 5.54 Å². The van der Waals surface area contributed by atoms with E-state index in [0.717, 1.165) is 44.1 Å². The standard InChI is InChI=1S/C29H35Cl2F3N4O2/c1-36(2)26(39)24-7-6-23(18-25(24)31)37-12-8-19(9-13-37)16-20-10-14-38(15-11-20)27(40)28(35,29(32,33)34)21-4-3-5-22(30)17-21/h3-7,17-20H,8-16,35H2,1-2H3. The first-order valence-electron chi connectivity index (χ1n) is 13.5. The van der Waals surface area contributed by atoms with E-state index in [1.165, 1.54) is 28.0 Å². The number of benzene rings is 2. The van der Waals surface area contributed by atoms with Gasteiger partial charge in [-0.15, -0.1) is 0 Å². The number of halogens is 5. The number of carbonyl (C=O) groups excluding carboxylic acids is 2. The Morgan fingerprint density at radius 2 is 1.55 bits per heavy atom. The highest BCUT2D eigenvalue weighted by Gasteiger charge is 2.60. The number of amides is 2. The van der Waals surface area contributed by atoms with E-state index in [0.29, 0.717) is 35.3 Å². The minimum absolute atomic E-state index is 0.0914. The molecule has 11 heteroatoms. The second-order valence-electron chi connectivity index (χ2n) is 11.1. The third kappa shape index (κ3) is 6.37. The Hall–Kier alpha value is -2.49. The predicted molar refractivity (Wildman–Crippen MR) is 152 cm³/mol. The highest BCUT2D eigenvalue weighted by molar-refractivity contribution is 6.34. The van der Waals surface area contributed by atoms with Crippen molar-refractivity contribution >= 4 is 40.7 Å². The van der Waals surface area contributed by atoms with Gasteiger partial charge in [0.05, 0.1) is 10.6 Å². The van der Waals surface area contributed by atoms with Crippen molar-refractivity contribution in [2.45, 2.75) is 43.8 Å². The third-order valence-electron chi connectivity index (χ3n) is 8.20. The fourth-order valence-electron chi connectivity index (χ4n) is 5.78. The summed E-state index contributed by atoms with van der Waals surface area (Å²) in [6, 6.07) is 10.7. The normalized spacial score (nSPS) is 18.9. The second kappa shape index (κ2) is 12.2. The second-order valence-corrected chi connectivity index (χ2v) is 11.9. The molecule has 0 spiro atoms. The van der Waals surface area contributed by atoms with Crippen LogP contribution in [0, 0.1) is 11.8 Å². The number of carbonyl (C=O) groups is 2. The number of anilines is 1. The van der Waals surface area contributed by atoms with Gasteiger partial charge >= 0.3 is 6.18 Å². The molecule has 218 valence electrons. The molecule has 0 saturated carbocycles. The first kappa shape index (κ1) is 30.5. The lowest BCUT2D eigenvalue weighted by Crippen LogP contribution is -2.62. The Kier molecular flexibility index (Phi) is 9.27. The summed E-state index contributed by atoms with van der Waals surface area (Å²) in [6.45, 7) is 2.21. The molecule has 2 amide bonds. The maximum absolute atomic E-state index is 14.1. The van der Waals surface area contributed by atoms with Crippen LogP contribution < -0.4 is 10.6 Å². The van der Waals surface area contributed by atoms with Crippen LogP contribution in [0.15, 0.2) is 42.5 Å². The highest BCUT2D eigenvalue weighted by atomic mass is 35.5. The molecule has 40 heavy (non-hydrogen) atoms. The van der Waals surface area contributed by atoms with E-state index in [9.17, 15) is 22.8 Å². The molecule has 0 radical (unpaired) electrons. The Morgan fingerprint density at radius 3 is 2.08 bits per heavy atom. The molecule has 2 aliphatic rings. The summed E-state index contributed by atoms with van der Waals surface area (Å²) < 4.78 is 42.4. The summed E-state index contributed by atoms with van der Waals surface area (Å²) >= 11 is 12.3. The number of hydrogen-bond donors (Lipinski definition) is 1. The molecule has 4 rings (SSSR count). The van der Waals surface area contributed by atoms with Crippen LogP contribution >= 0.6 is 23.2 Å². The lowest BCUT2D eigenvalue weighted by molar-refractivity contribution is -0.201. The molecular weight excluding hydrogens is 564 g/mol. The molecule has 0 aliphatic carbocycles. The van der Waals surface area contributed by atoms with Crippen LogP contribution in [-0.2, 0) is 10.3 Å². The van der Waals surface area contributed by atoms with E-state index in [1.807, 2.05) is 12.1 Å². The van der Waals surface area contributed by atoms with Gasteiger partial charge in [0, 0.05) is 51.0 Å². The topological polar surface area (TPSA) is 69.9 Å². The summed E-state index contributed by atoms with van der Waals surface area (Å²) in [7, 11) is 3.38. The molecule has 0 aromatic heterocycles. The summed E-state index contributed by atoms with van der Waals surface area (Å²) in [5, 5.41) is 0.524. The molecule has 1 unspecified atom stereocenters. The van der Waals surface area contributed by atoms with Gasteiger partial charge in [-0.3, -0.25) is 9.59 Å². The Balaban J connectivity index is 1.30. The van der Waals surface area contributed by atoms with Gasteiger partial charge in [0.15, 0.2) is 0 Å². The monoisotopic (exact) mass is 598 g/mol. The predicted octanol–water partition coefficient (Wildman–Crippen LogP) is 5.96. The van der Waals surface area contributed by atoms with Crippen LogP contribution in [0.25, 0.3) is 0 Å². The summed E-state index contributed by atoms with van der Waals surface area (Å²) in [5.41, 5.74) is 3.79. The van der Waals surface area contributed by atoms with Crippen molar-refractivity contribution < 1.29 is 22.8 Å². The van der Waals surface area contributed by atoms with Gasteiger partial charge in [0.25, 0.3) is 11.8 Å². The van der Waals surface area contributed by atoms with Crippen molar-refractivity contribution in [3.63, 3.8) is 0 Å². The first-order valence-corrected chi connectivity index (χ1v) is 14.2. The number of alkyl halides is 3. The quantitative estimate of drug-likeness (QED) is 0.445. The molecule has 2 fully saturated rings. The van der Waals surface area contributed by atoms with E-state index < -0.39 is 17.6 Å². The molecule has 0 bridgehead atoms. The lowest BCUT2D eigenvalue weighted by Gasteiger charge is -2.40. The number of hydrogen-bond acceptors (Lipinski definition) is 4. The fourth-order valence-corrected chi connectivity index (χ4v) is 6.22. The van der Waals surface area contributed by atoms with Crippen molar-refractivity contribution in [1.29, 1.82) is 0 Å². The minimum Gasteiger partial charge on any atom is -0.371 e. The zero-order chi connectivity index (χ0) is 29.2. The van der Waals surface area contributed by atoms with Gasteiger partial charge in [-0.05, 0) is 79.8 Å². The third-order valence-corrected chi connectivity index (χ3v) is 8.75. The van der Waals surface area contributed by atoms with Crippen LogP contribution in [-0.4, -0.2) is 68.1 Å². The molecule has 2 saturated heterocycles. The van der Waals surface area contributed by atoms with Crippen molar-refractivity contribution in [1.82, 2.24) is 9.80 Å². The highest BCUT2D eigenvalue weighted by Crippen LogP contribution is 2.40. The van der Waals surface area contributed by atoms with E-state index in [1.54, 1.807) is 20.2 Å². The van der Waals surface area contributed by atoms with Gasteiger partial charge in [0.1, 0.15) is 0 Å². The molecule has 2 aliphatic heterocycles. The maximum Gasteiger partial charge on any atom is 0.419 e. The average molecular weight is 600 g/mol. The molecule has 2 aromatic carbocycles. The maximum atomic E-state index is 14.1. The zero-order valence-electron chi connectivity index (χ0n) is 22.7. The fraction of sp³-hybridized carbons (Fsp3) is 0.517. The molecular formula is C29H35Cl2F3N4O2. The van der Waals surface area contributed by atoms with Crippen molar-refractivity contribution in [3.8, 4) is 0 Å². The van der Waals surface area contributed by atoms with Crippen LogP contribution in [0.2, 0.25) is 10.0 Å². The van der Waals surface area contributed by atoms with E-state index in [4.69, 9.17) is 28.9 Å². The molecule has 2 heterocycles. The van der Waals surface area contributed by atoms with Gasteiger partial charge < -0.3 is 20.4 Å². The summed E-state index contributed by atoms with van der Waals surface area (Å²) in [6.07, 6.45) is -0.715. The van der Waals surface area contributed by atoms with E-state index in [2.05, 4.69) is 4.90 Å². The molecule has 6 nitrogen and oxygen atoms in total. The smallest absolute Gasteiger partial charge is 0.371 e. The largest absolute Gasteiger partial charge is 0.419 e. The summed E-state index contributed by atoms with van der Waals surface area (Å²) in [4.78, 5) is 30.4. The first-order chi connectivity index (χ1) is 18.8. The van der Waals surface area contributed by atoms with Crippen LogP contribution in [0.4, 0.5) is 18.9 Å². The SMILES string of the molecule is CN(C)C(=O)c1ccc(N2CCC(CC3CCN(C(=O)C(N)(c4cccc(Cl)c4)C(F)(F)F)CC3)CC2)cc1Cl. The summed E-state index contributed by atoms with van der Waals surface area (Å²) in [5.74, 6) is -0.423.